The van der Waals surface area contributed by atoms with Crippen molar-refractivity contribution in [2.45, 2.75) is 39.3 Å². The van der Waals surface area contributed by atoms with E-state index in [0.29, 0.717) is 0 Å². The zero-order valence-electron chi connectivity index (χ0n) is 16.7. The fourth-order valence-corrected chi connectivity index (χ4v) is 4.49. The number of benzene rings is 2. The molecule has 0 saturated heterocycles. The first kappa shape index (κ1) is 18.1. The summed E-state index contributed by atoms with van der Waals surface area (Å²) in [6.45, 7) is 5.38. The van der Waals surface area contributed by atoms with Gasteiger partial charge < -0.3 is 10.3 Å². The molecule has 5 rings (SSSR count). The van der Waals surface area contributed by atoms with Gasteiger partial charge in [0, 0.05) is 35.1 Å². The first-order valence-electron chi connectivity index (χ1n) is 10.1. The van der Waals surface area contributed by atoms with Crippen LogP contribution in [-0.4, -0.2) is 14.8 Å². The number of hydrogen-bond donors (Lipinski definition) is 2. The minimum atomic E-state index is -0.229. The SMILES string of the molecule is CC1(C)Cc2c(cnn2-c2ccc(F)cc2)C(NCc2cc3ccccc3[nH]2)C1. The van der Waals surface area contributed by atoms with Crippen molar-refractivity contribution in [2.24, 2.45) is 5.41 Å². The molecule has 0 spiro atoms. The highest BCUT2D eigenvalue weighted by atomic mass is 19.1. The number of aromatic nitrogens is 3. The first-order chi connectivity index (χ1) is 14.0. The summed E-state index contributed by atoms with van der Waals surface area (Å²) in [5.74, 6) is -0.229. The predicted molar refractivity (Wildman–Crippen MR) is 114 cm³/mol. The van der Waals surface area contributed by atoms with Gasteiger partial charge in [-0.2, -0.15) is 5.10 Å². The van der Waals surface area contributed by atoms with Gasteiger partial charge in [-0.3, -0.25) is 0 Å². The van der Waals surface area contributed by atoms with Crippen LogP contribution in [0.5, 0.6) is 0 Å². The van der Waals surface area contributed by atoms with E-state index in [4.69, 9.17) is 0 Å². The molecular formula is C24H25FN4. The molecule has 1 aliphatic rings. The molecule has 2 N–H and O–H groups in total. The standard InChI is InChI=1S/C24H25FN4/c1-24(2)12-22(26-14-18-11-16-5-3-4-6-21(16)28-18)20-15-27-29(23(20)13-24)19-9-7-17(25)8-10-19/h3-11,15,22,26,28H,12-14H2,1-2H3. The molecule has 148 valence electrons. The lowest BCUT2D eigenvalue weighted by atomic mass is 9.74. The zero-order chi connectivity index (χ0) is 20.0. The van der Waals surface area contributed by atoms with Crippen LogP contribution in [0, 0.1) is 11.2 Å². The van der Waals surface area contributed by atoms with Crippen molar-refractivity contribution >= 4 is 10.9 Å². The molecule has 0 saturated carbocycles. The van der Waals surface area contributed by atoms with Crippen LogP contribution in [0.4, 0.5) is 4.39 Å². The van der Waals surface area contributed by atoms with Crippen LogP contribution in [0.3, 0.4) is 0 Å². The molecule has 2 heterocycles. The van der Waals surface area contributed by atoms with E-state index in [2.05, 4.69) is 59.6 Å². The molecule has 2 aromatic carbocycles. The van der Waals surface area contributed by atoms with Gasteiger partial charge in [-0.25, -0.2) is 9.07 Å². The zero-order valence-corrected chi connectivity index (χ0v) is 16.7. The largest absolute Gasteiger partial charge is 0.357 e. The molecule has 0 fully saturated rings. The van der Waals surface area contributed by atoms with Gasteiger partial charge in [0.1, 0.15) is 5.82 Å². The third-order valence-corrected chi connectivity index (χ3v) is 5.88. The van der Waals surface area contributed by atoms with E-state index in [9.17, 15) is 4.39 Å². The van der Waals surface area contributed by atoms with Crippen molar-refractivity contribution in [3.8, 4) is 5.69 Å². The van der Waals surface area contributed by atoms with Crippen LogP contribution in [-0.2, 0) is 13.0 Å². The van der Waals surface area contributed by atoms with Gasteiger partial charge in [0.25, 0.3) is 0 Å². The van der Waals surface area contributed by atoms with Gasteiger partial charge >= 0.3 is 0 Å². The molecule has 4 nitrogen and oxygen atoms in total. The molecule has 4 aromatic rings. The molecule has 1 aliphatic carbocycles. The summed E-state index contributed by atoms with van der Waals surface area (Å²) in [6.07, 6.45) is 3.97. The highest BCUT2D eigenvalue weighted by molar-refractivity contribution is 5.80. The van der Waals surface area contributed by atoms with Crippen LogP contribution in [0.15, 0.2) is 60.8 Å². The average molecular weight is 388 g/mol. The quantitative estimate of drug-likeness (QED) is 0.499. The minimum Gasteiger partial charge on any atom is -0.357 e. The monoisotopic (exact) mass is 388 g/mol. The maximum Gasteiger partial charge on any atom is 0.123 e. The maximum absolute atomic E-state index is 13.3. The number of hydrogen-bond acceptors (Lipinski definition) is 2. The molecule has 0 aliphatic heterocycles. The van der Waals surface area contributed by atoms with Gasteiger partial charge in [0.15, 0.2) is 0 Å². The Balaban J connectivity index is 1.43. The Morgan fingerprint density at radius 3 is 2.76 bits per heavy atom. The molecule has 0 radical (unpaired) electrons. The Bertz CT molecular complexity index is 1120. The summed E-state index contributed by atoms with van der Waals surface area (Å²) in [5.41, 5.74) is 5.86. The number of rotatable bonds is 4. The summed E-state index contributed by atoms with van der Waals surface area (Å²) in [4.78, 5) is 3.50. The van der Waals surface area contributed by atoms with Gasteiger partial charge in [-0.15, -0.1) is 0 Å². The van der Waals surface area contributed by atoms with Crippen molar-refractivity contribution in [3.05, 3.63) is 83.6 Å². The molecule has 5 heteroatoms. The molecule has 2 aromatic heterocycles. The lowest BCUT2D eigenvalue weighted by Gasteiger charge is -2.36. The Morgan fingerprint density at radius 1 is 1.17 bits per heavy atom. The van der Waals surface area contributed by atoms with Crippen molar-refractivity contribution in [2.75, 3.05) is 0 Å². The van der Waals surface area contributed by atoms with Crippen molar-refractivity contribution < 1.29 is 4.39 Å². The van der Waals surface area contributed by atoms with Gasteiger partial charge in [-0.1, -0.05) is 32.0 Å². The Hall–Kier alpha value is -2.92. The first-order valence-corrected chi connectivity index (χ1v) is 10.1. The minimum absolute atomic E-state index is 0.156. The summed E-state index contributed by atoms with van der Waals surface area (Å²) in [7, 11) is 0. The topological polar surface area (TPSA) is 45.6 Å². The lowest BCUT2D eigenvalue weighted by molar-refractivity contribution is 0.252. The number of H-pyrrole nitrogens is 1. The number of fused-ring (bicyclic) bond motifs is 2. The predicted octanol–water partition coefficient (Wildman–Crippen LogP) is 5.30. The molecular weight excluding hydrogens is 363 g/mol. The Labute approximate surface area is 169 Å². The second kappa shape index (κ2) is 6.85. The molecule has 0 amide bonds. The normalized spacial score (nSPS) is 18.1. The van der Waals surface area contributed by atoms with E-state index in [1.807, 2.05) is 10.9 Å². The molecule has 1 unspecified atom stereocenters. The van der Waals surface area contributed by atoms with Crippen LogP contribution >= 0.6 is 0 Å². The smallest absolute Gasteiger partial charge is 0.123 e. The number of aromatic amines is 1. The molecule has 1 atom stereocenters. The second-order valence-corrected chi connectivity index (χ2v) is 8.80. The van der Waals surface area contributed by atoms with Crippen molar-refractivity contribution in [1.82, 2.24) is 20.1 Å². The molecule has 29 heavy (non-hydrogen) atoms. The Kier molecular flexibility index (Phi) is 4.28. The van der Waals surface area contributed by atoms with Gasteiger partial charge in [0.2, 0.25) is 0 Å². The van der Waals surface area contributed by atoms with Crippen molar-refractivity contribution in [1.29, 1.82) is 0 Å². The fourth-order valence-electron chi connectivity index (χ4n) is 4.49. The van der Waals surface area contributed by atoms with Crippen LogP contribution in [0.25, 0.3) is 16.6 Å². The van der Waals surface area contributed by atoms with Gasteiger partial charge in [0.05, 0.1) is 11.9 Å². The number of para-hydroxylation sites is 1. The second-order valence-electron chi connectivity index (χ2n) is 8.80. The van der Waals surface area contributed by atoms with E-state index in [1.165, 1.54) is 34.5 Å². The highest BCUT2D eigenvalue weighted by Gasteiger charge is 2.35. The molecule has 0 bridgehead atoms. The van der Waals surface area contributed by atoms with E-state index in [-0.39, 0.29) is 17.3 Å². The maximum atomic E-state index is 13.3. The number of halogens is 1. The summed E-state index contributed by atoms with van der Waals surface area (Å²) < 4.78 is 15.3. The van der Waals surface area contributed by atoms with Crippen LogP contribution in [0.1, 0.15) is 43.3 Å². The highest BCUT2D eigenvalue weighted by Crippen LogP contribution is 2.41. The van der Waals surface area contributed by atoms with Crippen LogP contribution in [0.2, 0.25) is 0 Å². The average Bonchev–Trinajstić information content (AvgIpc) is 3.29. The fraction of sp³-hybridized carbons (Fsp3) is 0.292. The van der Waals surface area contributed by atoms with Crippen molar-refractivity contribution in [3.63, 3.8) is 0 Å². The summed E-state index contributed by atoms with van der Waals surface area (Å²) in [5, 5.41) is 9.62. The van der Waals surface area contributed by atoms with E-state index >= 15 is 0 Å². The number of nitrogens with one attached hydrogen (secondary N) is 2. The van der Waals surface area contributed by atoms with E-state index in [1.54, 1.807) is 12.1 Å². The third kappa shape index (κ3) is 3.47. The van der Waals surface area contributed by atoms with E-state index < -0.39 is 0 Å². The summed E-state index contributed by atoms with van der Waals surface area (Å²) in [6, 6.07) is 17.3. The summed E-state index contributed by atoms with van der Waals surface area (Å²) >= 11 is 0. The number of nitrogens with zero attached hydrogens (tertiary/aromatic N) is 2. The van der Waals surface area contributed by atoms with E-state index in [0.717, 1.165) is 30.6 Å². The van der Waals surface area contributed by atoms with Gasteiger partial charge in [-0.05, 0) is 60.0 Å². The Morgan fingerprint density at radius 2 is 1.97 bits per heavy atom. The third-order valence-electron chi connectivity index (χ3n) is 5.88. The lowest BCUT2D eigenvalue weighted by Crippen LogP contribution is -2.33. The van der Waals surface area contributed by atoms with Crippen LogP contribution < -0.4 is 5.32 Å².